The van der Waals surface area contributed by atoms with Gasteiger partial charge in [0, 0.05) is 19.1 Å². The van der Waals surface area contributed by atoms with E-state index in [0.29, 0.717) is 13.1 Å². The molecule has 1 aromatic rings. The standard InChI is InChI=1S/C13H17F2N3O2/c1-2-5-17(9-3-4-16-8-9)13-11(14)6-10(18(19)20)7-12(13)15/h6-7,9,16H,2-5,8H2,1H3. The number of benzene rings is 1. The molecule has 1 aliphatic heterocycles. The van der Waals surface area contributed by atoms with E-state index in [1.807, 2.05) is 6.92 Å². The van der Waals surface area contributed by atoms with Crippen molar-refractivity contribution in [1.82, 2.24) is 5.32 Å². The quantitative estimate of drug-likeness (QED) is 0.667. The van der Waals surface area contributed by atoms with E-state index in [0.717, 1.165) is 31.5 Å². The summed E-state index contributed by atoms with van der Waals surface area (Å²) in [6.07, 6.45) is 1.54. The number of nitrogens with zero attached hydrogens (tertiary/aromatic N) is 2. The van der Waals surface area contributed by atoms with Crippen molar-refractivity contribution in [2.24, 2.45) is 0 Å². The minimum absolute atomic E-state index is 0.0143. The summed E-state index contributed by atoms with van der Waals surface area (Å²) in [6.45, 7) is 3.91. The monoisotopic (exact) mass is 285 g/mol. The summed E-state index contributed by atoms with van der Waals surface area (Å²) in [5, 5.41) is 13.8. The van der Waals surface area contributed by atoms with Crippen molar-refractivity contribution in [2.45, 2.75) is 25.8 Å². The fraction of sp³-hybridized carbons (Fsp3) is 0.538. The Kier molecular flexibility index (Phi) is 4.49. The van der Waals surface area contributed by atoms with Crippen LogP contribution in [0.4, 0.5) is 20.2 Å². The molecule has 1 fully saturated rings. The van der Waals surface area contributed by atoms with Crippen molar-refractivity contribution < 1.29 is 13.7 Å². The van der Waals surface area contributed by atoms with Crippen LogP contribution in [0, 0.1) is 21.7 Å². The second kappa shape index (κ2) is 6.13. The summed E-state index contributed by atoms with van der Waals surface area (Å²) in [6, 6.07) is 1.58. The molecule has 1 aliphatic rings. The van der Waals surface area contributed by atoms with Crippen molar-refractivity contribution in [1.29, 1.82) is 0 Å². The molecule has 0 amide bonds. The zero-order valence-corrected chi connectivity index (χ0v) is 11.2. The molecule has 1 saturated heterocycles. The Morgan fingerprint density at radius 3 is 2.55 bits per heavy atom. The number of non-ortho nitro benzene ring substituents is 1. The maximum Gasteiger partial charge on any atom is 0.275 e. The van der Waals surface area contributed by atoms with Crippen molar-refractivity contribution in [2.75, 3.05) is 24.5 Å². The minimum Gasteiger partial charge on any atom is -0.362 e. The van der Waals surface area contributed by atoms with Gasteiger partial charge in [0.25, 0.3) is 5.69 Å². The van der Waals surface area contributed by atoms with Crippen molar-refractivity contribution in [3.8, 4) is 0 Å². The number of hydrogen-bond donors (Lipinski definition) is 1. The summed E-state index contributed by atoms with van der Waals surface area (Å²) < 4.78 is 28.2. The lowest BCUT2D eigenvalue weighted by atomic mass is 10.1. The Morgan fingerprint density at radius 2 is 2.10 bits per heavy atom. The van der Waals surface area contributed by atoms with Crippen LogP contribution in [-0.2, 0) is 0 Å². The van der Waals surface area contributed by atoms with Gasteiger partial charge in [-0.3, -0.25) is 10.1 Å². The molecule has 0 aromatic heterocycles. The van der Waals surface area contributed by atoms with Gasteiger partial charge in [-0.05, 0) is 19.4 Å². The second-order valence-corrected chi connectivity index (χ2v) is 4.86. The average molecular weight is 285 g/mol. The summed E-state index contributed by atoms with van der Waals surface area (Å²) in [5.41, 5.74) is -0.726. The molecule has 7 heteroatoms. The third-order valence-electron chi connectivity index (χ3n) is 3.44. The largest absolute Gasteiger partial charge is 0.362 e. The van der Waals surface area contributed by atoms with Gasteiger partial charge in [0.05, 0.1) is 17.1 Å². The zero-order valence-electron chi connectivity index (χ0n) is 11.2. The first kappa shape index (κ1) is 14.6. The van der Waals surface area contributed by atoms with Gasteiger partial charge in [0.2, 0.25) is 0 Å². The highest BCUT2D eigenvalue weighted by molar-refractivity contribution is 5.54. The lowest BCUT2D eigenvalue weighted by Gasteiger charge is -2.30. The van der Waals surface area contributed by atoms with E-state index in [2.05, 4.69) is 5.32 Å². The highest BCUT2D eigenvalue weighted by atomic mass is 19.1. The summed E-state index contributed by atoms with van der Waals surface area (Å²) >= 11 is 0. The van der Waals surface area contributed by atoms with E-state index < -0.39 is 22.2 Å². The maximum atomic E-state index is 14.1. The Hall–Kier alpha value is -1.76. The number of hydrogen-bond acceptors (Lipinski definition) is 4. The highest BCUT2D eigenvalue weighted by Crippen LogP contribution is 2.30. The van der Waals surface area contributed by atoms with Crippen LogP contribution in [0.2, 0.25) is 0 Å². The van der Waals surface area contributed by atoms with Crippen LogP contribution in [0.5, 0.6) is 0 Å². The maximum absolute atomic E-state index is 14.1. The van der Waals surface area contributed by atoms with Gasteiger partial charge in [0.1, 0.15) is 5.69 Å². The van der Waals surface area contributed by atoms with E-state index in [9.17, 15) is 18.9 Å². The molecule has 20 heavy (non-hydrogen) atoms. The van der Waals surface area contributed by atoms with Crippen molar-refractivity contribution in [3.63, 3.8) is 0 Å². The molecule has 1 aromatic carbocycles. The minimum atomic E-state index is -0.878. The Labute approximate surface area is 115 Å². The van der Waals surface area contributed by atoms with Gasteiger partial charge in [-0.1, -0.05) is 6.92 Å². The second-order valence-electron chi connectivity index (χ2n) is 4.86. The summed E-state index contributed by atoms with van der Waals surface area (Å²) in [7, 11) is 0. The number of nitro groups is 1. The number of anilines is 1. The molecule has 110 valence electrons. The van der Waals surface area contributed by atoms with Gasteiger partial charge >= 0.3 is 0 Å². The fourth-order valence-corrected chi connectivity index (χ4v) is 2.56. The van der Waals surface area contributed by atoms with E-state index >= 15 is 0 Å². The van der Waals surface area contributed by atoms with Crippen LogP contribution in [0.25, 0.3) is 0 Å². The lowest BCUT2D eigenvalue weighted by molar-refractivity contribution is -0.385. The molecule has 1 heterocycles. The molecule has 5 nitrogen and oxygen atoms in total. The van der Waals surface area contributed by atoms with Gasteiger partial charge in [-0.2, -0.15) is 0 Å². The molecule has 0 bridgehead atoms. The number of halogens is 2. The number of nitro benzene ring substituents is 1. The topological polar surface area (TPSA) is 58.4 Å². The molecule has 2 rings (SSSR count). The summed E-state index contributed by atoms with van der Waals surface area (Å²) in [5.74, 6) is -1.76. The number of nitrogens with one attached hydrogen (secondary N) is 1. The zero-order chi connectivity index (χ0) is 14.7. The molecule has 1 atom stereocenters. The van der Waals surface area contributed by atoms with Gasteiger partial charge in [-0.25, -0.2) is 8.78 Å². The van der Waals surface area contributed by atoms with Crippen LogP contribution in [-0.4, -0.2) is 30.6 Å². The Balaban J connectivity index is 2.39. The van der Waals surface area contributed by atoms with Crippen molar-refractivity contribution >= 4 is 11.4 Å². The molecular weight excluding hydrogens is 268 g/mol. The molecule has 0 spiro atoms. The third kappa shape index (κ3) is 2.87. The predicted molar refractivity (Wildman–Crippen MR) is 71.9 cm³/mol. The molecule has 0 saturated carbocycles. The van der Waals surface area contributed by atoms with Crippen molar-refractivity contribution in [3.05, 3.63) is 33.9 Å². The molecule has 1 N–H and O–H groups in total. The van der Waals surface area contributed by atoms with Crippen LogP contribution in [0.15, 0.2) is 12.1 Å². The fourth-order valence-electron chi connectivity index (χ4n) is 2.56. The van der Waals surface area contributed by atoms with E-state index in [4.69, 9.17) is 0 Å². The number of rotatable bonds is 5. The first-order valence-corrected chi connectivity index (χ1v) is 6.65. The normalized spacial score (nSPS) is 18.2. The van der Waals surface area contributed by atoms with E-state index in [-0.39, 0.29) is 11.7 Å². The molecule has 1 unspecified atom stereocenters. The van der Waals surface area contributed by atoms with Crippen LogP contribution in [0.1, 0.15) is 19.8 Å². The summed E-state index contributed by atoms with van der Waals surface area (Å²) in [4.78, 5) is 11.5. The van der Waals surface area contributed by atoms with Crippen LogP contribution >= 0.6 is 0 Å². The van der Waals surface area contributed by atoms with Gasteiger partial charge in [-0.15, -0.1) is 0 Å². The Morgan fingerprint density at radius 1 is 1.45 bits per heavy atom. The van der Waals surface area contributed by atoms with Gasteiger partial charge < -0.3 is 10.2 Å². The first-order chi connectivity index (χ1) is 9.54. The van der Waals surface area contributed by atoms with Crippen LogP contribution < -0.4 is 10.2 Å². The van der Waals surface area contributed by atoms with Crippen LogP contribution in [0.3, 0.4) is 0 Å². The average Bonchev–Trinajstić information content (AvgIpc) is 2.90. The molecular formula is C13H17F2N3O2. The van der Waals surface area contributed by atoms with E-state index in [1.165, 1.54) is 0 Å². The molecule has 0 aliphatic carbocycles. The first-order valence-electron chi connectivity index (χ1n) is 6.65. The smallest absolute Gasteiger partial charge is 0.275 e. The molecule has 0 radical (unpaired) electrons. The predicted octanol–water partition coefficient (Wildman–Crippen LogP) is 2.45. The highest BCUT2D eigenvalue weighted by Gasteiger charge is 2.28. The van der Waals surface area contributed by atoms with E-state index in [1.54, 1.807) is 4.90 Å². The SMILES string of the molecule is CCCN(c1c(F)cc([N+](=O)[O-])cc1F)C1CCNC1. The van der Waals surface area contributed by atoms with Gasteiger partial charge in [0.15, 0.2) is 11.6 Å². The third-order valence-corrected chi connectivity index (χ3v) is 3.44. The Bertz CT molecular complexity index is 481. The lowest BCUT2D eigenvalue weighted by Crippen LogP contribution is -2.38.